The molecule has 0 aromatic rings. The van der Waals surface area contributed by atoms with E-state index in [1.165, 1.54) is 0 Å². The van der Waals surface area contributed by atoms with Crippen LogP contribution in [-0.2, 0) is 9.53 Å². The first-order chi connectivity index (χ1) is 5.88. The van der Waals surface area contributed by atoms with Gasteiger partial charge in [0.25, 0.3) is 0 Å². The third-order valence-corrected chi connectivity index (χ3v) is 1.95. The SMILES string of the molecule is O=C(C1C=CC=CC=C1)[C@@H]1CO1. The highest BCUT2D eigenvalue weighted by molar-refractivity contribution is 5.90. The molecular formula is C10H10O2. The first-order valence-corrected chi connectivity index (χ1v) is 4.05. The van der Waals surface area contributed by atoms with Gasteiger partial charge in [-0.2, -0.15) is 0 Å². The van der Waals surface area contributed by atoms with Gasteiger partial charge in [-0.1, -0.05) is 36.5 Å². The minimum Gasteiger partial charge on any atom is -0.365 e. The highest BCUT2D eigenvalue weighted by atomic mass is 16.6. The van der Waals surface area contributed by atoms with Gasteiger partial charge in [0, 0.05) is 0 Å². The van der Waals surface area contributed by atoms with Crippen molar-refractivity contribution in [1.82, 2.24) is 0 Å². The molecule has 0 saturated carbocycles. The van der Waals surface area contributed by atoms with Gasteiger partial charge in [-0.25, -0.2) is 0 Å². The van der Waals surface area contributed by atoms with Gasteiger partial charge in [-0.3, -0.25) is 4.79 Å². The van der Waals surface area contributed by atoms with Crippen molar-refractivity contribution in [2.24, 2.45) is 5.92 Å². The van der Waals surface area contributed by atoms with Crippen LogP contribution in [0, 0.1) is 5.92 Å². The Balaban J connectivity index is 2.07. The largest absolute Gasteiger partial charge is 0.365 e. The van der Waals surface area contributed by atoms with E-state index in [0.29, 0.717) is 6.61 Å². The molecule has 0 spiro atoms. The van der Waals surface area contributed by atoms with Gasteiger partial charge in [0.05, 0.1) is 12.5 Å². The van der Waals surface area contributed by atoms with E-state index in [1.807, 2.05) is 36.5 Å². The second kappa shape index (κ2) is 3.07. The Morgan fingerprint density at radius 3 is 2.25 bits per heavy atom. The molecular weight excluding hydrogens is 152 g/mol. The molecule has 1 heterocycles. The molecule has 0 bridgehead atoms. The first-order valence-electron chi connectivity index (χ1n) is 4.05. The smallest absolute Gasteiger partial charge is 0.174 e. The Hall–Kier alpha value is -1.15. The Kier molecular flexibility index (Phi) is 1.92. The second-order valence-corrected chi connectivity index (χ2v) is 2.90. The molecule has 1 saturated heterocycles. The summed E-state index contributed by atoms with van der Waals surface area (Å²) < 4.78 is 4.93. The number of hydrogen-bond donors (Lipinski definition) is 0. The second-order valence-electron chi connectivity index (χ2n) is 2.90. The Labute approximate surface area is 71.2 Å². The molecule has 0 unspecified atom stereocenters. The summed E-state index contributed by atoms with van der Waals surface area (Å²) in [7, 11) is 0. The number of carbonyl (C=O) groups is 1. The van der Waals surface area contributed by atoms with E-state index in [4.69, 9.17) is 4.74 Å². The topological polar surface area (TPSA) is 29.6 Å². The normalized spacial score (nSPS) is 27.2. The summed E-state index contributed by atoms with van der Waals surface area (Å²) in [5, 5.41) is 0. The van der Waals surface area contributed by atoms with Crippen LogP contribution in [0.3, 0.4) is 0 Å². The molecule has 0 aromatic carbocycles. The Bertz CT molecular complexity index is 254. The number of ketones is 1. The number of Topliss-reactive ketones (excluding diaryl/α,β-unsaturated/α-hetero) is 1. The van der Waals surface area contributed by atoms with Gasteiger partial charge in [-0.15, -0.1) is 0 Å². The lowest BCUT2D eigenvalue weighted by Crippen LogP contribution is -2.15. The van der Waals surface area contributed by atoms with Crippen LogP contribution < -0.4 is 0 Å². The molecule has 0 radical (unpaired) electrons. The quantitative estimate of drug-likeness (QED) is 0.572. The summed E-state index contributed by atoms with van der Waals surface area (Å²) in [4.78, 5) is 11.5. The van der Waals surface area contributed by atoms with Crippen molar-refractivity contribution < 1.29 is 9.53 Å². The molecule has 0 aromatic heterocycles. The zero-order valence-electron chi connectivity index (χ0n) is 6.64. The Morgan fingerprint density at radius 2 is 1.75 bits per heavy atom. The lowest BCUT2D eigenvalue weighted by Gasteiger charge is -2.01. The minimum absolute atomic E-state index is 0.0903. The van der Waals surface area contributed by atoms with Crippen LogP contribution in [0.5, 0.6) is 0 Å². The van der Waals surface area contributed by atoms with Crippen LogP contribution in [0.1, 0.15) is 0 Å². The van der Waals surface area contributed by atoms with Crippen LogP contribution in [0.4, 0.5) is 0 Å². The van der Waals surface area contributed by atoms with E-state index in [2.05, 4.69) is 0 Å². The van der Waals surface area contributed by atoms with Crippen molar-refractivity contribution in [3.63, 3.8) is 0 Å². The van der Waals surface area contributed by atoms with Gasteiger partial charge < -0.3 is 4.74 Å². The van der Waals surface area contributed by atoms with Crippen LogP contribution in [0.15, 0.2) is 36.5 Å². The van der Waals surface area contributed by atoms with Crippen molar-refractivity contribution in [3.8, 4) is 0 Å². The number of allylic oxidation sites excluding steroid dienone is 6. The highest BCUT2D eigenvalue weighted by Crippen LogP contribution is 2.18. The summed E-state index contributed by atoms with van der Waals surface area (Å²) >= 11 is 0. The first kappa shape index (κ1) is 7.50. The van der Waals surface area contributed by atoms with Gasteiger partial charge >= 0.3 is 0 Å². The fraction of sp³-hybridized carbons (Fsp3) is 0.300. The van der Waals surface area contributed by atoms with Gasteiger partial charge in [-0.05, 0) is 0 Å². The Morgan fingerprint density at radius 1 is 1.17 bits per heavy atom. The van der Waals surface area contributed by atoms with Gasteiger partial charge in [0.2, 0.25) is 0 Å². The predicted octanol–water partition coefficient (Wildman–Crippen LogP) is 1.25. The maximum Gasteiger partial charge on any atom is 0.174 e. The highest BCUT2D eigenvalue weighted by Gasteiger charge is 2.34. The van der Waals surface area contributed by atoms with Crippen molar-refractivity contribution in [2.45, 2.75) is 6.10 Å². The van der Waals surface area contributed by atoms with E-state index < -0.39 is 0 Å². The van der Waals surface area contributed by atoms with Crippen molar-refractivity contribution in [2.75, 3.05) is 6.61 Å². The zero-order chi connectivity index (χ0) is 8.39. The molecule has 0 N–H and O–H groups in total. The molecule has 1 fully saturated rings. The van der Waals surface area contributed by atoms with E-state index >= 15 is 0 Å². The van der Waals surface area contributed by atoms with Gasteiger partial charge in [0.1, 0.15) is 6.10 Å². The summed E-state index contributed by atoms with van der Waals surface area (Å²) in [6.07, 6.45) is 11.3. The van der Waals surface area contributed by atoms with Gasteiger partial charge in [0.15, 0.2) is 5.78 Å². The van der Waals surface area contributed by atoms with Crippen molar-refractivity contribution >= 4 is 5.78 Å². The molecule has 12 heavy (non-hydrogen) atoms. The lowest BCUT2D eigenvalue weighted by molar-refractivity contribution is -0.121. The average molecular weight is 162 g/mol. The molecule has 2 nitrogen and oxygen atoms in total. The number of hydrogen-bond acceptors (Lipinski definition) is 2. The third kappa shape index (κ3) is 1.53. The summed E-state index contributed by atoms with van der Waals surface area (Å²) in [5.41, 5.74) is 0. The number of ether oxygens (including phenoxy) is 1. The van der Waals surface area contributed by atoms with Crippen LogP contribution in [0.2, 0.25) is 0 Å². The fourth-order valence-electron chi connectivity index (χ4n) is 1.18. The number of rotatable bonds is 2. The molecule has 2 aliphatic rings. The van der Waals surface area contributed by atoms with E-state index in [1.54, 1.807) is 0 Å². The molecule has 1 atom stereocenters. The molecule has 1 aliphatic heterocycles. The van der Waals surface area contributed by atoms with Crippen LogP contribution in [-0.4, -0.2) is 18.5 Å². The number of carbonyl (C=O) groups excluding carboxylic acids is 1. The molecule has 62 valence electrons. The summed E-state index contributed by atoms with van der Waals surface area (Å²) in [6.45, 7) is 0.602. The van der Waals surface area contributed by atoms with Crippen LogP contribution >= 0.6 is 0 Å². The minimum atomic E-state index is -0.137. The number of epoxide rings is 1. The molecule has 1 aliphatic carbocycles. The zero-order valence-corrected chi connectivity index (χ0v) is 6.64. The van der Waals surface area contributed by atoms with Crippen molar-refractivity contribution in [1.29, 1.82) is 0 Å². The van der Waals surface area contributed by atoms with E-state index in [0.717, 1.165) is 0 Å². The molecule has 2 heteroatoms. The standard InChI is InChI=1S/C10H10O2/c11-10(9-7-12-9)8-5-3-1-2-4-6-8/h1-6,8-9H,7H2/t9-/m0/s1. The fourth-order valence-corrected chi connectivity index (χ4v) is 1.18. The molecule has 2 rings (SSSR count). The molecule has 0 amide bonds. The van der Waals surface area contributed by atoms with Crippen LogP contribution in [0.25, 0.3) is 0 Å². The van der Waals surface area contributed by atoms with E-state index in [9.17, 15) is 4.79 Å². The monoisotopic (exact) mass is 162 g/mol. The average Bonchev–Trinajstić information content (AvgIpc) is 2.92. The maximum absolute atomic E-state index is 11.5. The van der Waals surface area contributed by atoms with Crippen molar-refractivity contribution in [3.05, 3.63) is 36.5 Å². The maximum atomic E-state index is 11.5. The van der Waals surface area contributed by atoms with E-state index in [-0.39, 0.29) is 17.8 Å². The third-order valence-electron chi connectivity index (χ3n) is 1.95. The summed E-state index contributed by atoms with van der Waals surface area (Å²) in [6, 6.07) is 0. The summed E-state index contributed by atoms with van der Waals surface area (Å²) in [5.74, 6) is 0.0821. The lowest BCUT2D eigenvalue weighted by atomic mass is 10.0. The predicted molar refractivity (Wildman–Crippen MR) is 45.7 cm³/mol.